The first-order valence-corrected chi connectivity index (χ1v) is 10.3. The summed E-state index contributed by atoms with van der Waals surface area (Å²) in [5.74, 6) is -2.60. The van der Waals surface area contributed by atoms with Crippen LogP contribution in [-0.2, 0) is 19.1 Å². The molecule has 0 bridgehead atoms. The van der Waals surface area contributed by atoms with Crippen LogP contribution < -0.4 is 10.6 Å². The van der Waals surface area contributed by atoms with E-state index in [0.29, 0.717) is 0 Å². The lowest BCUT2D eigenvalue weighted by Crippen LogP contribution is -2.48. The van der Waals surface area contributed by atoms with Gasteiger partial charge in [0.1, 0.15) is 12.6 Å². The smallest absolute Gasteiger partial charge is 0.337 e. The standard InChI is InChI=1S/C22H25N3O7/c1-4-31-20(28)15-10-23-22(30)24-16(15)11-32-21(29)17(9-12(2)3)25-18(26)13-7-5-6-8-14(13)19(25)27/h5-8,12,17H,4,9-11H2,1-3H3,(H2,23,24,30). The van der Waals surface area contributed by atoms with Crippen molar-refractivity contribution < 1.29 is 33.4 Å². The summed E-state index contributed by atoms with van der Waals surface area (Å²) in [6, 6.07) is 4.66. The SMILES string of the molecule is CCOC(=O)C1=C(COC(=O)C(CC(C)C)N2C(=O)c3ccccc3C2=O)NC(=O)NC1. The number of ether oxygens (including phenoxy) is 2. The normalized spacial score (nSPS) is 16.5. The number of rotatable bonds is 8. The van der Waals surface area contributed by atoms with Crippen LogP contribution in [-0.4, -0.2) is 60.5 Å². The van der Waals surface area contributed by atoms with Crippen LogP contribution in [0.4, 0.5) is 4.79 Å². The van der Waals surface area contributed by atoms with Gasteiger partial charge in [0.05, 0.1) is 35.5 Å². The number of imide groups is 1. The summed E-state index contributed by atoms with van der Waals surface area (Å²) in [5, 5.41) is 4.90. The monoisotopic (exact) mass is 443 g/mol. The molecule has 32 heavy (non-hydrogen) atoms. The second-order valence-electron chi connectivity index (χ2n) is 7.76. The van der Waals surface area contributed by atoms with E-state index in [4.69, 9.17) is 9.47 Å². The van der Waals surface area contributed by atoms with Crippen LogP contribution in [0.1, 0.15) is 47.9 Å². The summed E-state index contributed by atoms with van der Waals surface area (Å²) >= 11 is 0. The Kier molecular flexibility index (Phi) is 6.92. The molecule has 2 N–H and O–H groups in total. The molecular formula is C22H25N3O7. The molecule has 10 heteroatoms. The zero-order chi connectivity index (χ0) is 23.4. The van der Waals surface area contributed by atoms with Gasteiger partial charge < -0.3 is 20.1 Å². The van der Waals surface area contributed by atoms with Gasteiger partial charge in [-0.25, -0.2) is 14.4 Å². The number of carbonyl (C=O) groups is 5. The Hall–Kier alpha value is -3.69. The van der Waals surface area contributed by atoms with Crippen molar-refractivity contribution in [3.05, 3.63) is 46.7 Å². The average molecular weight is 443 g/mol. The molecule has 0 spiro atoms. The van der Waals surface area contributed by atoms with Crippen LogP contribution in [0.5, 0.6) is 0 Å². The van der Waals surface area contributed by atoms with Gasteiger partial charge in [-0.2, -0.15) is 0 Å². The van der Waals surface area contributed by atoms with Gasteiger partial charge in [0.15, 0.2) is 0 Å². The van der Waals surface area contributed by atoms with Crippen molar-refractivity contribution in [3.8, 4) is 0 Å². The fourth-order valence-corrected chi connectivity index (χ4v) is 3.55. The summed E-state index contributed by atoms with van der Waals surface area (Å²) in [5.41, 5.74) is 0.681. The third-order valence-electron chi connectivity index (χ3n) is 5.04. The number of urea groups is 1. The lowest BCUT2D eigenvalue weighted by Gasteiger charge is -2.27. The highest BCUT2D eigenvalue weighted by molar-refractivity contribution is 6.22. The van der Waals surface area contributed by atoms with Gasteiger partial charge >= 0.3 is 18.0 Å². The van der Waals surface area contributed by atoms with Gasteiger partial charge in [0.25, 0.3) is 11.8 Å². The molecule has 170 valence electrons. The van der Waals surface area contributed by atoms with Gasteiger partial charge in [-0.05, 0) is 31.4 Å². The highest BCUT2D eigenvalue weighted by atomic mass is 16.5. The van der Waals surface area contributed by atoms with Crippen molar-refractivity contribution in [3.63, 3.8) is 0 Å². The minimum atomic E-state index is -1.15. The minimum Gasteiger partial charge on any atom is -0.463 e. The second-order valence-corrected chi connectivity index (χ2v) is 7.76. The number of nitrogens with zero attached hydrogens (tertiary/aromatic N) is 1. The van der Waals surface area contributed by atoms with Gasteiger partial charge in [-0.3, -0.25) is 14.5 Å². The van der Waals surface area contributed by atoms with Gasteiger partial charge in [0.2, 0.25) is 0 Å². The quantitative estimate of drug-likeness (QED) is 0.458. The van der Waals surface area contributed by atoms with E-state index in [-0.39, 0.29) is 47.9 Å². The second kappa shape index (κ2) is 9.63. The molecule has 0 fully saturated rings. The molecule has 2 heterocycles. The van der Waals surface area contributed by atoms with Crippen molar-refractivity contribution in [2.75, 3.05) is 19.8 Å². The van der Waals surface area contributed by atoms with Crippen LogP contribution in [0.25, 0.3) is 0 Å². The lowest BCUT2D eigenvalue weighted by molar-refractivity contribution is -0.148. The summed E-state index contributed by atoms with van der Waals surface area (Å²) < 4.78 is 10.3. The van der Waals surface area contributed by atoms with Crippen molar-refractivity contribution in [1.82, 2.24) is 15.5 Å². The van der Waals surface area contributed by atoms with Crippen molar-refractivity contribution >= 4 is 29.8 Å². The number of benzene rings is 1. The topological polar surface area (TPSA) is 131 Å². The number of hydrogen-bond donors (Lipinski definition) is 2. The summed E-state index contributed by atoms with van der Waals surface area (Å²) in [6.45, 7) is 4.99. The molecule has 10 nitrogen and oxygen atoms in total. The van der Waals surface area contributed by atoms with Gasteiger partial charge in [-0.1, -0.05) is 26.0 Å². The van der Waals surface area contributed by atoms with E-state index in [1.165, 1.54) is 12.1 Å². The Morgan fingerprint density at radius 2 is 1.69 bits per heavy atom. The molecule has 0 radical (unpaired) electrons. The molecule has 0 saturated carbocycles. The Balaban J connectivity index is 1.81. The van der Waals surface area contributed by atoms with E-state index < -0.39 is 42.4 Å². The molecule has 2 aliphatic heterocycles. The average Bonchev–Trinajstić information content (AvgIpc) is 3.01. The van der Waals surface area contributed by atoms with Crippen LogP contribution in [0.3, 0.4) is 0 Å². The molecule has 1 atom stereocenters. The number of nitrogens with one attached hydrogen (secondary N) is 2. The predicted molar refractivity (Wildman–Crippen MR) is 111 cm³/mol. The summed E-state index contributed by atoms with van der Waals surface area (Å²) in [6.07, 6.45) is 0.196. The van der Waals surface area contributed by atoms with E-state index >= 15 is 0 Å². The molecule has 0 aliphatic carbocycles. The number of carbonyl (C=O) groups excluding carboxylic acids is 5. The number of hydrogen-bond acceptors (Lipinski definition) is 7. The molecule has 0 saturated heterocycles. The molecule has 1 unspecified atom stereocenters. The van der Waals surface area contributed by atoms with Gasteiger partial charge in [-0.15, -0.1) is 0 Å². The Bertz CT molecular complexity index is 964. The molecule has 3 rings (SSSR count). The third-order valence-corrected chi connectivity index (χ3v) is 5.04. The van der Waals surface area contributed by atoms with Crippen LogP contribution in [0, 0.1) is 5.92 Å². The maximum absolute atomic E-state index is 13.0. The molecular weight excluding hydrogens is 418 g/mol. The maximum Gasteiger partial charge on any atom is 0.337 e. The lowest BCUT2D eigenvalue weighted by atomic mass is 10.0. The highest BCUT2D eigenvalue weighted by Crippen LogP contribution is 2.27. The van der Waals surface area contributed by atoms with E-state index in [1.54, 1.807) is 19.1 Å². The molecule has 4 amide bonds. The van der Waals surface area contributed by atoms with Crippen molar-refractivity contribution in [2.24, 2.45) is 5.92 Å². The van der Waals surface area contributed by atoms with Gasteiger partial charge in [0, 0.05) is 0 Å². The van der Waals surface area contributed by atoms with Crippen molar-refractivity contribution in [1.29, 1.82) is 0 Å². The zero-order valence-corrected chi connectivity index (χ0v) is 18.1. The number of esters is 2. The fourth-order valence-electron chi connectivity index (χ4n) is 3.55. The van der Waals surface area contributed by atoms with E-state index in [1.807, 2.05) is 13.8 Å². The number of fused-ring (bicyclic) bond motifs is 1. The first kappa shape index (κ1) is 23.0. The van der Waals surface area contributed by atoms with Crippen molar-refractivity contribution in [2.45, 2.75) is 33.2 Å². The first-order valence-electron chi connectivity index (χ1n) is 10.3. The van der Waals surface area contributed by atoms with E-state index in [2.05, 4.69) is 10.6 Å². The van der Waals surface area contributed by atoms with Crippen LogP contribution in [0.15, 0.2) is 35.5 Å². The first-order chi connectivity index (χ1) is 15.2. The number of amides is 4. The third kappa shape index (κ3) is 4.63. The van der Waals surface area contributed by atoms with Crippen LogP contribution >= 0.6 is 0 Å². The van der Waals surface area contributed by atoms with E-state index in [9.17, 15) is 24.0 Å². The summed E-state index contributed by atoms with van der Waals surface area (Å²) in [7, 11) is 0. The predicted octanol–water partition coefficient (Wildman–Crippen LogP) is 1.37. The Morgan fingerprint density at radius 1 is 1.06 bits per heavy atom. The Morgan fingerprint density at radius 3 is 2.25 bits per heavy atom. The Labute approximate surface area is 184 Å². The van der Waals surface area contributed by atoms with Crippen LogP contribution in [0.2, 0.25) is 0 Å². The van der Waals surface area contributed by atoms with E-state index in [0.717, 1.165) is 4.90 Å². The largest absolute Gasteiger partial charge is 0.463 e. The fraction of sp³-hybridized carbons (Fsp3) is 0.409. The molecule has 1 aromatic carbocycles. The molecule has 2 aliphatic rings. The summed E-state index contributed by atoms with van der Waals surface area (Å²) in [4.78, 5) is 63.5. The zero-order valence-electron chi connectivity index (χ0n) is 18.1. The molecule has 0 aromatic heterocycles. The highest BCUT2D eigenvalue weighted by Gasteiger charge is 2.43. The maximum atomic E-state index is 13.0. The molecule has 1 aromatic rings. The minimum absolute atomic E-state index is 0.0234.